The molecule has 0 saturated carbocycles. The molecule has 2 aromatic rings. The first kappa shape index (κ1) is 14.1. The number of halogens is 2. The van der Waals surface area contributed by atoms with Gasteiger partial charge in [-0.25, -0.2) is 8.78 Å². The standard InChI is InChI=1S/C15H14F2N2O/c16-12-2-1-3-13(17)14(12)19-15(20)11-6-4-10(5-7-11)8-9-18/h1-7H,8-9,18H2,(H,19,20). The number of nitrogens with two attached hydrogens (primary N) is 1. The average Bonchev–Trinajstić information content (AvgIpc) is 2.44. The van der Waals surface area contributed by atoms with Crippen LogP contribution in [-0.2, 0) is 6.42 Å². The fraction of sp³-hybridized carbons (Fsp3) is 0.133. The molecule has 3 N–H and O–H groups in total. The van der Waals surface area contributed by atoms with Crippen LogP contribution in [-0.4, -0.2) is 12.5 Å². The monoisotopic (exact) mass is 276 g/mol. The Morgan fingerprint density at radius 3 is 2.20 bits per heavy atom. The number of anilines is 1. The van der Waals surface area contributed by atoms with Crippen LogP contribution in [0.4, 0.5) is 14.5 Å². The molecule has 3 nitrogen and oxygen atoms in total. The fourth-order valence-electron chi connectivity index (χ4n) is 1.79. The number of benzene rings is 2. The minimum atomic E-state index is -0.807. The summed E-state index contributed by atoms with van der Waals surface area (Å²) in [4.78, 5) is 11.9. The number of para-hydroxylation sites is 1. The summed E-state index contributed by atoms with van der Waals surface area (Å²) in [6.07, 6.45) is 0.712. The van der Waals surface area contributed by atoms with E-state index in [1.54, 1.807) is 24.3 Å². The van der Waals surface area contributed by atoms with Gasteiger partial charge in [0.1, 0.15) is 17.3 Å². The molecule has 0 fully saturated rings. The summed E-state index contributed by atoms with van der Waals surface area (Å²) in [6, 6.07) is 10.1. The Hall–Kier alpha value is -2.27. The summed E-state index contributed by atoms with van der Waals surface area (Å²) in [5.41, 5.74) is 6.32. The van der Waals surface area contributed by atoms with E-state index in [-0.39, 0.29) is 0 Å². The van der Waals surface area contributed by atoms with E-state index in [1.807, 2.05) is 0 Å². The third-order valence-electron chi connectivity index (χ3n) is 2.85. The van der Waals surface area contributed by atoms with Gasteiger partial charge >= 0.3 is 0 Å². The van der Waals surface area contributed by atoms with Crippen LogP contribution in [0.15, 0.2) is 42.5 Å². The Bertz CT molecular complexity index is 592. The predicted octanol–water partition coefficient (Wildman–Crippen LogP) is 2.72. The number of carbonyl (C=O) groups excluding carboxylic acids is 1. The van der Waals surface area contributed by atoms with Crippen molar-refractivity contribution in [1.29, 1.82) is 0 Å². The Balaban J connectivity index is 2.16. The quantitative estimate of drug-likeness (QED) is 0.902. The first-order chi connectivity index (χ1) is 9.61. The summed E-state index contributed by atoms with van der Waals surface area (Å²) in [5.74, 6) is -2.18. The van der Waals surface area contributed by atoms with Crippen LogP contribution >= 0.6 is 0 Å². The van der Waals surface area contributed by atoms with Gasteiger partial charge < -0.3 is 11.1 Å². The lowest BCUT2D eigenvalue weighted by Crippen LogP contribution is -2.14. The second-order valence-electron chi connectivity index (χ2n) is 4.29. The molecule has 104 valence electrons. The molecule has 0 aliphatic carbocycles. The van der Waals surface area contributed by atoms with Crippen molar-refractivity contribution in [1.82, 2.24) is 0 Å². The molecule has 0 atom stereocenters. The maximum Gasteiger partial charge on any atom is 0.255 e. The maximum absolute atomic E-state index is 13.4. The molecular formula is C15H14F2N2O. The molecule has 2 rings (SSSR count). The van der Waals surface area contributed by atoms with Gasteiger partial charge in [-0.3, -0.25) is 4.79 Å². The van der Waals surface area contributed by atoms with Gasteiger partial charge in [-0.2, -0.15) is 0 Å². The van der Waals surface area contributed by atoms with E-state index < -0.39 is 23.2 Å². The van der Waals surface area contributed by atoms with Crippen LogP contribution in [0.1, 0.15) is 15.9 Å². The topological polar surface area (TPSA) is 55.1 Å². The van der Waals surface area contributed by atoms with Crippen molar-refractivity contribution < 1.29 is 13.6 Å². The minimum Gasteiger partial charge on any atom is -0.330 e. The number of rotatable bonds is 4. The lowest BCUT2D eigenvalue weighted by molar-refractivity contribution is 0.102. The second kappa shape index (κ2) is 6.25. The third kappa shape index (κ3) is 3.19. The van der Waals surface area contributed by atoms with Crippen molar-refractivity contribution in [2.45, 2.75) is 6.42 Å². The number of nitrogens with one attached hydrogen (secondary N) is 1. The largest absolute Gasteiger partial charge is 0.330 e. The van der Waals surface area contributed by atoms with E-state index in [1.165, 1.54) is 6.07 Å². The summed E-state index contributed by atoms with van der Waals surface area (Å²) in [7, 11) is 0. The van der Waals surface area contributed by atoms with Crippen LogP contribution in [0.3, 0.4) is 0 Å². The van der Waals surface area contributed by atoms with Gasteiger partial charge in [0.2, 0.25) is 0 Å². The SMILES string of the molecule is NCCc1ccc(C(=O)Nc2c(F)cccc2F)cc1. The highest BCUT2D eigenvalue weighted by atomic mass is 19.1. The van der Waals surface area contributed by atoms with Gasteiger partial charge in [0.15, 0.2) is 0 Å². The van der Waals surface area contributed by atoms with E-state index in [0.29, 0.717) is 18.5 Å². The zero-order valence-corrected chi connectivity index (χ0v) is 10.7. The second-order valence-corrected chi connectivity index (χ2v) is 4.29. The fourth-order valence-corrected chi connectivity index (χ4v) is 1.79. The van der Waals surface area contributed by atoms with Crippen LogP contribution in [0.2, 0.25) is 0 Å². The molecule has 0 aromatic heterocycles. The van der Waals surface area contributed by atoms with Crippen molar-refractivity contribution in [2.75, 3.05) is 11.9 Å². The third-order valence-corrected chi connectivity index (χ3v) is 2.85. The molecule has 0 radical (unpaired) electrons. The molecule has 0 saturated heterocycles. The summed E-state index contributed by atoms with van der Waals surface area (Å²) >= 11 is 0. The Morgan fingerprint density at radius 1 is 1.05 bits per heavy atom. The highest BCUT2D eigenvalue weighted by Crippen LogP contribution is 2.19. The first-order valence-corrected chi connectivity index (χ1v) is 6.16. The number of carbonyl (C=O) groups is 1. The molecule has 20 heavy (non-hydrogen) atoms. The average molecular weight is 276 g/mol. The first-order valence-electron chi connectivity index (χ1n) is 6.16. The molecule has 1 amide bonds. The van der Waals surface area contributed by atoms with Gasteiger partial charge in [-0.15, -0.1) is 0 Å². The van der Waals surface area contributed by atoms with Crippen molar-refractivity contribution in [3.8, 4) is 0 Å². The normalized spacial score (nSPS) is 10.3. The smallest absolute Gasteiger partial charge is 0.255 e. The van der Waals surface area contributed by atoms with Crippen LogP contribution in [0.5, 0.6) is 0 Å². The molecule has 0 heterocycles. The molecule has 0 aliphatic rings. The number of hydrogen-bond acceptors (Lipinski definition) is 2. The van der Waals surface area contributed by atoms with E-state index in [4.69, 9.17) is 5.73 Å². The molecule has 0 unspecified atom stereocenters. The van der Waals surface area contributed by atoms with Gasteiger partial charge in [-0.1, -0.05) is 18.2 Å². The van der Waals surface area contributed by atoms with Crippen molar-refractivity contribution >= 4 is 11.6 Å². The van der Waals surface area contributed by atoms with Crippen molar-refractivity contribution in [2.24, 2.45) is 5.73 Å². The number of hydrogen-bond donors (Lipinski definition) is 2. The van der Waals surface area contributed by atoms with Crippen LogP contribution < -0.4 is 11.1 Å². The molecule has 0 aliphatic heterocycles. The van der Waals surface area contributed by atoms with Crippen LogP contribution in [0.25, 0.3) is 0 Å². The molecule has 2 aromatic carbocycles. The summed E-state index contributed by atoms with van der Waals surface area (Å²) in [6.45, 7) is 0.520. The van der Waals surface area contributed by atoms with Gasteiger partial charge in [0, 0.05) is 5.56 Å². The molecular weight excluding hydrogens is 262 g/mol. The molecule has 5 heteroatoms. The van der Waals surface area contributed by atoms with Crippen molar-refractivity contribution in [3.63, 3.8) is 0 Å². The predicted molar refractivity (Wildman–Crippen MR) is 73.5 cm³/mol. The zero-order chi connectivity index (χ0) is 14.5. The highest BCUT2D eigenvalue weighted by molar-refractivity contribution is 6.04. The van der Waals surface area contributed by atoms with E-state index in [9.17, 15) is 13.6 Å². The van der Waals surface area contributed by atoms with E-state index in [0.717, 1.165) is 17.7 Å². The summed E-state index contributed by atoms with van der Waals surface area (Å²) < 4.78 is 26.8. The zero-order valence-electron chi connectivity index (χ0n) is 10.7. The Kier molecular flexibility index (Phi) is 4.42. The Morgan fingerprint density at radius 2 is 1.65 bits per heavy atom. The lowest BCUT2D eigenvalue weighted by atomic mass is 10.1. The van der Waals surface area contributed by atoms with Gasteiger partial charge in [-0.05, 0) is 42.8 Å². The highest BCUT2D eigenvalue weighted by Gasteiger charge is 2.13. The Labute approximate surface area is 115 Å². The van der Waals surface area contributed by atoms with Gasteiger partial charge in [0.05, 0.1) is 0 Å². The number of amides is 1. The maximum atomic E-state index is 13.4. The van der Waals surface area contributed by atoms with E-state index >= 15 is 0 Å². The summed E-state index contributed by atoms with van der Waals surface area (Å²) in [5, 5.41) is 2.23. The van der Waals surface area contributed by atoms with Crippen LogP contribution in [0, 0.1) is 11.6 Å². The molecule has 0 bridgehead atoms. The minimum absolute atomic E-state index is 0.327. The van der Waals surface area contributed by atoms with Gasteiger partial charge in [0.25, 0.3) is 5.91 Å². The molecule has 0 spiro atoms. The van der Waals surface area contributed by atoms with Crippen molar-refractivity contribution in [3.05, 3.63) is 65.2 Å². The lowest BCUT2D eigenvalue weighted by Gasteiger charge is -2.08. The van der Waals surface area contributed by atoms with E-state index in [2.05, 4.69) is 5.32 Å².